The molecule has 0 aromatic heterocycles. The highest BCUT2D eigenvalue weighted by Crippen LogP contribution is 2.25. The molecule has 0 saturated carbocycles. The number of aliphatic hydroxyl groups is 1. The maximum atomic E-state index is 12.1. The van der Waals surface area contributed by atoms with E-state index in [9.17, 15) is 8.42 Å². The molecule has 0 spiro atoms. The number of nitrogen functional groups attached to an aromatic ring is 1. The lowest BCUT2D eigenvalue weighted by Crippen LogP contribution is -2.34. The highest BCUT2D eigenvalue weighted by atomic mass is 35.5. The monoisotopic (exact) mass is 306 g/mol. The molecular weight excluding hydrogens is 288 g/mol. The molecule has 0 aliphatic carbocycles. The maximum Gasteiger partial charge on any atom is 0.242 e. The fraction of sp³-hybridized carbons (Fsp3) is 0.500. The van der Waals surface area contributed by atoms with Crippen molar-refractivity contribution in [3.8, 4) is 0 Å². The number of hydrogen-bond acceptors (Lipinski definition) is 4. The first-order valence-corrected chi connectivity index (χ1v) is 7.70. The Hall–Kier alpha value is -0.820. The molecule has 0 saturated heterocycles. The van der Waals surface area contributed by atoms with E-state index >= 15 is 0 Å². The van der Waals surface area contributed by atoms with Crippen LogP contribution in [0.5, 0.6) is 0 Å². The van der Waals surface area contributed by atoms with E-state index in [2.05, 4.69) is 4.72 Å². The van der Waals surface area contributed by atoms with Crippen LogP contribution in [0.25, 0.3) is 0 Å². The smallest absolute Gasteiger partial charge is 0.242 e. The van der Waals surface area contributed by atoms with Crippen molar-refractivity contribution in [2.24, 2.45) is 5.41 Å². The number of anilines is 1. The Kier molecular flexibility index (Phi) is 5.20. The molecule has 0 aliphatic rings. The number of hydrogen-bond donors (Lipinski definition) is 3. The van der Waals surface area contributed by atoms with E-state index in [0.29, 0.717) is 12.1 Å². The second-order valence-corrected chi connectivity index (χ2v) is 7.29. The Labute approximate surface area is 118 Å². The van der Waals surface area contributed by atoms with Crippen molar-refractivity contribution < 1.29 is 13.5 Å². The fourth-order valence-electron chi connectivity index (χ4n) is 1.49. The van der Waals surface area contributed by atoms with Gasteiger partial charge in [-0.1, -0.05) is 25.4 Å². The zero-order valence-corrected chi connectivity index (χ0v) is 12.6. The SMILES string of the molecule is CC(C)(CCO)CNS(=O)(=O)c1cc(N)ccc1Cl. The number of sulfonamides is 1. The van der Waals surface area contributed by atoms with Crippen LogP contribution in [0, 0.1) is 5.41 Å². The van der Waals surface area contributed by atoms with Crippen LogP contribution in [0.4, 0.5) is 5.69 Å². The number of nitrogens with two attached hydrogens (primary N) is 1. The molecule has 0 radical (unpaired) electrons. The van der Waals surface area contributed by atoms with Gasteiger partial charge in [-0.05, 0) is 30.0 Å². The first-order chi connectivity index (χ1) is 8.68. The molecule has 1 aromatic rings. The van der Waals surface area contributed by atoms with Crippen LogP contribution in [0.3, 0.4) is 0 Å². The summed E-state index contributed by atoms with van der Waals surface area (Å²) in [5.74, 6) is 0. The van der Waals surface area contributed by atoms with Crippen LogP contribution in [-0.2, 0) is 10.0 Å². The van der Waals surface area contributed by atoms with Gasteiger partial charge < -0.3 is 10.8 Å². The van der Waals surface area contributed by atoms with Crippen LogP contribution >= 0.6 is 11.6 Å². The van der Waals surface area contributed by atoms with Crippen molar-refractivity contribution in [2.45, 2.75) is 25.2 Å². The molecule has 1 rings (SSSR count). The largest absolute Gasteiger partial charge is 0.399 e. The third kappa shape index (κ3) is 4.65. The van der Waals surface area contributed by atoms with Gasteiger partial charge in [0, 0.05) is 18.8 Å². The van der Waals surface area contributed by atoms with E-state index in [4.69, 9.17) is 22.4 Å². The molecule has 0 aliphatic heterocycles. The molecule has 0 unspecified atom stereocenters. The maximum absolute atomic E-state index is 12.1. The zero-order valence-electron chi connectivity index (χ0n) is 11.0. The minimum atomic E-state index is -3.71. The fourth-order valence-corrected chi connectivity index (χ4v) is 3.26. The Morgan fingerprint density at radius 2 is 2.05 bits per heavy atom. The summed E-state index contributed by atoms with van der Waals surface area (Å²) in [6, 6.07) is 4.31. The van der Waals surface area contributed by atoms with Gasteiger partial charge in [-0.3, -0.25) is 0 Å². The molecule has 0 fully saturated rings. The molecule has 0 amide bonds. The number of nitrogens with one attached hydrogen (secondary N) is 1. The van der Waals surface area contributed by atoms with Crippen molar-refractivity contribution in [2.75, 3.05) is 18.9 Å². The van der Waals surface area contributed by atoms with Gasteiger partial charge in [0.15, 0.2) is 0 Å². The molecule has 19 heavy (non-hydrogen) atoms. The lowest BCUT2D eigenvalue weighted by molar-refractivity contribution is 0.213. The molecule has 4 N–H and O–H groups in total. The van der Waals surface area contributed by atoms with E-state index < -0.39 is 10.0 Å². The third-order valence-corrected chi connectivity index (χ3v) is 4.66. The Balaban J connectivity index is 2.90. The Morgan fingerprint density at radius 1 is 1.42 bits per heavy atom. The Morgan fingerprint density at radius 3 is 2.63 bits per heavy atom. The van der Waals surface area contributed by atoms with Crippen LogP contribution < -0.4 is 10.5 Å². The quantitative estimate of drug-likeness (QED) is 0.696. The molecule has 108 valence electrons. The summed E-state index contributed by atoms with van der Waals surface area (Å²) in [6.07, 6.45) is 0.500. The molecule has 0 bridgehead atoms. The van der Waals surface area contributed by atoms with E-state index in [1.807, 2.05) is 13.8 Å². The normalized spacial score (nSPS) is 12.6. The Bertz CT molecular complexity index is 544. The van der Waals surface area contributed by atoms with Gasteiger partial charge in [-0.25, -0.2) is 13.1 Å². The first kappa shape index (κ1) is 16.2. The minimum absolute atomic E-state index is 0.00771. The summed E-state index contributed by atoms with van der Waals surface area (Å²) in [6.45, 7) is 3.95. The molecule has 5 nitrogen and oxygen atoms in total. The van der Waals surface area contributed by atoms with Gasteiger partial charge in [0.2, 0.25) is 10.0 Å². The second-order valence-electron chi connectivity index (χ2n) is 5.15. The van der Waals surface area contributed by atoms with Crippen LogP contribution in [0.15, 0.2) is 23.1 Å². The van der Waals surface area contributed by atoms with Crippen LogP contribution in [-0.4, -0.2) is 26.7 Å². The van der Waals surface area contributed by atoms with Crippen molar-refractivity contribution in [1.82, 2.24) is 4.72 Å². The molecule has 1 aromatic carbocycles. The number of benzene rings is 1. The highest BCUT2D eigenvalue weighted by molar-refractivity contribution is 7.89. The predicted octanol–water partition coefficient (Wildman–Crippen LogP) is 1.61. The number of rotatable bonds is 6. The van der Waals surface area contributed by atoms with Crippen molar-refractivity contribution in [3.63, 3.8) is 0 Å². The minimum Gasteiger partial charge on any atom is -0.399 e. The summed E-state index contributed by atoms with van der Waals surface area (Å²) in [4.78, 5) is -0.0334. The van der Waals surface area contributed by atoms with Crippen LogP contribution in [0.1, 0.15) is 20.3 Å². The van der Waals surface area contributed by atoms with Crippen molar-refractivity contribution in [1.29, 1.82) is 0 Å². The summed E-state index contributed by atoms with van der Waals surface area (Å²) in [7, 11) is -3.71. The summed E-state index contributed by atoms with van der Waals surface area (Å²) in [5, 5.41) is 9.04. The summed E-state index contributed by atoms with van der Waals surface area (Å²) >= 11 is 5.88. The van der Waals surface area contributed by atoms with Gasteiger partial charge in [-0.2, -0.15) is 0 Å². The topological polar surface area (TPSA) is 92.4 Å². The van der Waals surface area contributed by atoms with Crippen LogP contribution in [0.2, 0.25) is 5.02 Å². The van der Waals surface area contributed by atoms with Gasteiger partial charge in [-0.15, -0.1) is 0 Å². The van der Waals surface area contributed by atoms with E-state index in [1.54, 1.807) is 0 Å². The van der Waals surface area contributed by atoms with E-state index in [-0.39, 0.29) is 28.5 Å². The number of aliphatic hydroxyl groups excluding tert-OH is 1. The van der Waals surface area contributed by atoms with Crippen molar-refractivity contribution >= 4 is 27.3 Å². The first-order valence-electron chi connectivity index (χ1n) is 5.83. The predicted molar refractivity (Wildman–Crippen MR) is 76.5 cm³/mol. The van der Waals surface area contributed by atoms with E-state index in [0.717, 1.165) is 0 Å². The molecule has 0 heterocycles. The van der Waals surface area contributed by atoms with Crippen molar-refractivity contribution in [3.05, 3.63) is 23.2 Å². The van der Waals surface area contributed by atoms with Gasteiger partial charge in [0.25, 0.3) is 0 Å². The lowest BCUT2D eigenvalue weighted by Gasteiger charge is -2.23. The molecule has 7 heteroatoms. The van der Waals surface area contributed by atoms with Gasteiger partial charge in [0.05, 0.1) is 5.02 Å². The molecular formula is C12H19ClN2O3S. The van der Waals surface area contributed by atoms with E-state index in [1.165, 1.54) is 18.2 Å². The highest BCUT2D eigenvalue weighted by Gasteiger charge is 2.23. The lowest BCUT2D eigenvalue weighted by atomic mass is 9.90. The average molecular weight is 307 g/mol. The van der Waals surface area contributed by atoms with Gasteiger partial charge >= 0.3 is 0 Å². The zero-order chi connectivity index (χ0) is 14.7. The van der Waals surface area contributed by atoms with Gasteiger partial charge in [0.1, 0.15) is 4.90 Å². The molecule has 0 atom stereocenters. The standard InChI is InChI=1S/C12H19ClN2O3S/c1-12(2,5-6-16)8-15-19(17,18)11-7-9(14)3-4-10(11)13/h3-4,7,15-16H,5-6,8,14H2,1-2H3. The summed E-state index contributed by atoms with van der Waals surface area (Å²) < 4.78 is 26.8. The average Bonchev–Trinajstić information content (AvgIpc) is 2.30. The summed E-state index contributed by atoms with van der Waals surface area (Å²) in [5.41, 5.74) is 5.56. The third-order valence-electron chi connectivity index (χ3n) is 2.77. The second kappa shape index (κ2) is 6.09. The number of halogens is 1.